The Labute approximate surface area is 197 Å². The zero-order chi connectivity index (χ0) is 23.9. The number of nitrogens with one attached hydrogen (secondary N) is 1. The van der Waals surface area contributed by atoms with Crippen molar-refractivity contribution in [2.24, 2.45) is 5.92 Å². The molecule has 0 radical (unpaired) electrons. The minimum atomic E-state index is -3.81. The van der Waals surface area contributed by atoms with E-state index in [0.29, 0.717) is 31.5 Å². The number of halogens is 2. The van der Waals surface area contributed by atoms with E-state index in [0.717, 1.165) is 17.3 Å². The Morgan fingerprint density at radius 3 is 2.64 bits per heavy atom. The first-order chi connectivity index (χ1) is 15.6. The molecule has 2 atom stereocenters. The topological polar surface area (TPSA) is 86.8 Å². The third-order valence-electron chi connectivity index (χ3n) is 6.19. The van der Waals surface area contributed by atoms with Gasteiger partial charge in [-0.1, -0.05) is 11.6 Å². The molecule has 0 spiro atoms. The lowest BCUT2D eigenvalue weighted by Gasteiger charge is -2.31. The van der Waals surface area contributed by atoms with Gasteiger partial charge in [-0.15, -0.1) is 0 Å². The van der Waals surface area contributed by atoms with Crippen molar-refractivity contribution < 1.29 is 22.4 Å². The maximum absolute atomic E-state index is 13.4. The number of piperidine rings is 1. The maximum Gasteiger partial charge on any atom is 0.243 e. The van der Waals surface area contributed by atoms with Gasteiger partial charge in [0.25, 0.3) is 0 Å². The van der Waals surface area contributed by atoms with Crippen LogP contribution in [0.25, 0.3) is 0 Å². The van der Waals surface area contributed by atoms with E-state index in [1.54, 1.807) is 17.0 Å². The quantitative estimate of drug-likeness (QED) is 0.701. The molecule has 0 bridgehead atoms. The van der Waals surface area contributed by atoms with E-state index in [4.69, 9.17) is 11.6 Å². The van der Waals surface area contributed by atoms with Crippen molar-refractivity contribution in [3.63, 3.8) is 0 Å². The average Bonchev–Trinajstić information content (AvgIpc) is 3.11. The predicted molar refractivity (Wildman–Crippen MR) is 124 cm³/mol. The van der Waals surface area contributed by atoms with Crippen molar-refractivity contribution >= 4 is 44.8 Å². The molecule has 33 heavy (non-hydrogen) atoms. The summed E-state index contributed by atoms with van der Waals surface area (Å²) in [6, 6.07) is 8.70. The fraction of sp³-hybridized carbons (Fsp3) is 0.391. The molecule has 0 aromatic heterocycles. The van der Waals surface area contributed by atoms with Crippen LogP contribution in [-0.4, -0.2) is 43.7 Å². The van der Waals surface area contributed by atoms with Gasteiger partial charge in [0.05, 0.1) is 15.8 Å². The van der Waals surface area contributed by atoms with Crippen LogP contribution in [-0.2, 0) is 26.0 Å². The molecule has 2 aliphatic heterocycles. The fourth-order valence-corrected chi connectivity index (χ4v) is 6.35. The number of amides is 2. The molecule has 0 saturated carbocycles. The van der Waals surface area contributed by atoms with E-state index in [9.17, 15) is 22.4 Å². The van der Waals surface area contributed by atoms with Gasteiger partial charge in [0.1, 0.15) is 5.82 Å². The largest absolute Gasteiger partial charge is 0.326 e. The molecular formula is C23H25ClFN3O4S. The van der Waals surface area contributed by atoms with Crippen LogP contribution in [0.1, 0.15) is 32.3 Å². The normalized spacial score (nSPS) is 21.0. The summed E-state index contributed by atoms with van der Waals surface area (Å²) in [6.45, 7) is 3.80. The minimum Gasteiger partial charge on any atom is -0.326 e. The van der Waals surface area contributed by atoms with E-state index in [-0.39, 0.29) is 34.3 Å². The highest BCUT2D eigenvalue weighted by Crippen LogP contribution is 2.35. The third-order valence-corrected chi connectivity index (χ3v) is 8.34. The Morgan fingerprint density at radius 1 is 1.18 bits per heavy atom. The SMILES string of the molecule is CC(=O)N1c2ccc(S(=O)(=O)N3CCC[C@@H](C(=O)Nc4ccc(F)c(Cl)c4)C3)cc2C[C@@H]1C. The highest BCUT2D eigenvalue weighted by atomic mass is 35.5. The van der Waals surface area contributed by atoms with Gasteiger partial charge in [0.2, 0.25) is 21.8 Å². The number of sulfonamides is 1. The second-order valence-electron chi connectivity index (χ2n) is 8.55. The predicted octanol–water partition coefficient (Wildman–Crippen LogP) is 3.82. The van der Waals surface area contributed by atoms with Crippen LogP contribution >= 0.6 is 11.6 Å². The van der Waals surface area contributed by atoms with Gasteiger partial charge in [-0.25, -0.2) is 12.8 Å². The number of rotatable bonds is 4. The minimum absolute atomic E-state index is 0.0292. The van der Waals surface area contributed by atoms with Crippen molar-refractivity contribution in [2.75, 3.05) is 23.3 Å². The first-order valence-corrected chi connectivity index (χ1v) is 12.6. The Bertz CT molecular complexity index is 1220. The molecule has 176 valence electrons. The Kier molecular flexibility index (Phi) is 6.48. The van der Waals surface area contributed by atoms with Gasteiger partial charge < -0.3 is 10.2 Å². The number of hydrogen-bond acceptors (Lipinski definition) is 4. The monoisotopic (exact) mass is 493 g/mol. The van der Waals surface area contributed by atoms with Crippen molar-refractivity contribution in [1.29, 1.82) is 0 Å². The van der Waals surface area contributed by atoms with Crippen LogP contribution < -0.4 is 10.2 Å². The fourth-order valence-electron chi connectivity index (χ4n) is 4.59. The molecule has 7 nitrogen and oxygen atoms in total. The summed E-state index contributed by atoms with van der Waals surface area (Å²) in [5, 5.41) is 2.59. The van der Waals surface area contributed by atoms with E-state index in [1.807, 2.05) is 6.92 Å². The smallest absolute Gasteiger partial charge is 0.243 e. The van der Waals surface area contributed by atoms with E-state index in [1.165, 1.54) is 29.4 Å². The highest BCUT2D eigenvalue weighted by molar-refractivity contribution is 7.89. The second kappa shape index (κ2) is 9.04. The van der Waals surface area contributed by atoms with Gasteiger partial charge >= 0.3 is 0 Å². The Hall–Kier alpha value is -2.49. The first-order valence-electron chi connectivity index (χ1n) is 10.8. The summed E-state index contributed by atoms with van der Waals surface area (Å²) in [5.74, 6) is -1.54. The van der Waals surface area contributed by atoms with Crippen molar-refractivity contribution in [3.8, 4) is 0 Å². The van der Waals surface area contributed by atoms with Crippen LogP contribution in [0.2, 0.25) is 5.02 Å². The number of carbonyl (C=O) groups is 2. The lowest BCUT2D eigenvalue weighted by atomic mass is 9.99. The van der Waals surface area contributed by atoms with Crippen LogP contribution in [0, 0.1) is 11.7 Å². The molecule has 0 aliphatic carbocycles. The number of fused-ring (bicyclic) bond motifs is 1. The zero-order valence-corrected chi connectivity index (χ0v) is 19.9. The number of anilines is 2. The molecule has 1 N–H and O–H groups in total. The molecular weight excluding hydrogens is 469 g/mol. The van der Waals surface area contributed by atoms with Crippen LogP contribution in [0.4, 0.5) is 15.8 Å². The first kappa shape index (κ1) is 23.7. The Balaban J connectivity index is 1.51. The molecule has 1 fully saturated rings. The summed E-state index contributed by atoms with van der Waals surface area (Å²) >= 11 is 5.77. The van der Waals surface area contributed by atoms with E-state index >= 15 is 0 Å². The van der Waals surface area contributed by atoms with Crippen molar-refractivity contribution in [3.05, 3.63) is 52.8 Å². The van der Waals surface area contributed by atoms with Gasteiger partial charge in [0, 0.05) is 37.4 Å². The van der Waals surface area contributed by atoms with Crippen molar-refractivity contribution in [1.82, 2.24) is 4.31 Å². The third kappa shape index (κ3) is 4.62. The lowest BCUT2D eigenvalue weighted by molar-refractivity contribution is -0.121. The van der Waals surface area contributed by atoms with Gasteiger partial charge in [-0.2, -0.15) is 4.31 Å². The maximum atomic E-state index is 13.4. The molecule has 4 rings (SSSR count). The van der Waals surface area contributed by atoms with Gasteiger partial charge in [0.15, 0.2) is 0 Å². The molecule has 2 heterocycles. The number of benzene rings is 2. The summed E-state index contributed by atoms with van der Waals surface area (Å²) in [4.78, 5) is 26.5. The van der Waals surface area contributed by atoms with E-state index < -0.39 is 21.8 Å². The van der Waals surface area contributed by atoms with Gasteiger partial charge in [-0.3, -0.25) is 9.59 Å². The molecule has 2 amide bonds. The molecule has 0 unspecified atom stereocenters. The highest BCUT2D eigenvalue weighted by Gasteiger charge is 2.35. The Morgan fingerprint density at radius 2 is 1.94 bits per heavy atom. The van der Waals surface area contributed by atoms with Gasteiger partial charge in [-0.05, 0) is 68.1 Å². The lowest BCUT2D eigenvalue weighted by Crippen LogP contribution is -2.43. The summed E-state index contributed by atoms with van der Waals surface area (Å²) in [6.07, 6.45) is 1.67. The average molecular weight is 494 g/mol. The van der Waals surface area contributed by atoms with Crippen molar-refractivity contribution in [2.45, 2.75) is 44.0 Å². The van der Waals surface area contributed by atoms with E-state index in [2.05, 4.69) is 5.32 Å². The van der Waals surface area contributed by atoms with Crippen LogP contribution in [0.5, 0.6) is 0 Å². The zero-order valence-electron chi connectivity index (χ0n) is 18.3. The molecule has 2 aliphatic rings. The standard InChI is InChI=1S/C23H25ClFN3O4S/c1-14-10-17-11-19(6-8-22(17)28(14)15(2)29)33(31,32)27-9-3-4-16(13-27)23(30)26-18-5-7-21(25)20(24)12-18/h5-8,11-12,14,16H,3-4,9-10,13H2,1-2H3,(H,26,30)/t14-,16+/m0/s1. The summed E-state index contributed by atoms with van der Waals surface area (Å²) in [5.41, 5.74) is 1.91. The number of nitrogens with zero attached hydrogens (tertiary/aromatic N) is 2. The molecule has 1 saturated heterocycles. The molecule has 10 heteroatoms. The van der Waals surface area contributed by atoms with Crippen LogP contribution in [0.3, 0.4) is 0 Å². The summed E-state index contributed by atoms with van der Waals surface area (Å²) in [7, 11) is -3.81. The number of carbonyl (C=O) groups excluding carboxylic acids is 2. The van der Waals surface area contributed by atoms with Crippen LogP contribution in [0.15, 0.2) is 41.3 Å². The number of hydrogen-bond donors (Lipinski definition) is 1. The molecule has 2 aromatic rings. The molecule has 2 aromatic carbocycles. The second-order valence-corrected chi connectivity index (χ2v) is 10.9. The summed E-state index contributed by atoms with van der Waals surface area (Å²) < 4.78 is 41.4.